The summed E-state index contributed by atoms with van der Waals surface area (Å²) in [5, 5.41) is 0. The molecule has 0 radical (unpaired) electrons. The minimum Gasteiger partial charge on any atom is -0.494 e. The molecule has 0 unspecified atom stereocenters. The third-order valence-corrected chi connectivity index (χ3v) is 3.45. The quantitative estimate of drug-likeness (QED) is 0.929. The third kappa shape index (κ3) is 2.58. The summed E-state index contributed by atoms with van der Waals surface area (Å²) in [6.45, 7) is 1.76. The number of nitrogen functional groups attached to an aromatic ring is 1. The van der Waals surface area contributed by atoms with Crippen LogP contribution < -0.4 is 15.4 Å². The zero-order chi connectivity index (χ0) is 14.8. The number of nitrogens with two attached hydrogens (primary N) is 1. The molecular weight excluding hydrogens is 273 g/mol. The zero-order valence-corrected chi connectivity index (χ0v) is 11.7. The van der Waals surface area contributed by atoms with Crippen molar-refractivity contribution in [2.75, 3.05) is 30.8 Å². The summed E-state index contributed by atoms with van der Waals surface area (Å²) in [6, 6.07) is 4.83. The largest absolute Gasteiger partial charge is 0.494 e. The molecule has 1 saturated heterocycles. The number of ether oxygens (including phenoxy) is 1. The normalized spacial score (nSPS) is 14.5. The average Bonchev–Trinajstić information content (AvgIpc) is 3.01. The lowest BCUT2D eigenvalue weighted by molar-refractivity contribution is 0.387. The molecule has 7 heteroatoms. The lowest BCUT2D eigenvalue weighted by Crippen LogP contribution is -2.21. The number of hydrogen-bond acceptors (Lipinski definition) is 6. The smallest absolute Gasteiger partial charge is 0.230 e. The Hall–Kier alpha value is -2.44. The van der Waals surface area contributed by atoms with Gasteiger partial charge in [-0.05, 0) is 25.0 Å². The first kappa shape index (κ1) is 13.5. The Morgan fingerprint density at radius 3 is 2.67 bits per heavy atom. The van der Waals surface area contributed by atoms with Crippen molar-refractivity contribution in [1.29, 1.82) is 0 Å². The van der Waals surface area contributed by atoms with Gasteiger partial charge < -0.3 is 15.4 Å². The zero-order valence-electron chi connectivity index (χ0n) is 11.7. The van der Waals surface area contributed by atoms with Crippen LogP contribution in [0.3, 0.4) is 0 Å². The van der Waals surface area contributed by atoms with E-state index in [2.05, 4.69) is 15.0 Å². The van der Waals surface area contributed by atoms with E-state index in [-0.39, 0.29) is 23.1 Å². The van der Waals surface area contributed by atoms with Crippen LogP contribution in [0.1, 0.15) is 12.8 Å². The molecule has 0 bridgehead atoms. The fraction of sp³-hybridized carbons (Fsp3) is 0.357. The van der Waals surface area contributed by atoms with E-state index in [1.807, 2.05) is 4.90 Å². The Bertz CT molecular complexity index is 658. The van der Waals surface area contributed by atoms with Crippen LogP contribution in [0.2, 0.25) is 0 Å². The molecule has 1 fully saturated rings. The highest BCUT2D eigenvalue weighted by Crippen LogP contribution is 2.28. The summed E-state index contributed by atoms with van der Waals surface area (Å²) < 4.78 is 19.3. The Labute approximate surface area is 121 Å². The molecule has 6 nitrogen and oxygen atoms in total. The van der Waals surface area contributed by atoms with E-state index in [4.69, 9.17) is 10.5 Å². The van der Waals surface area contributed by atoms with Crippen molar-refractivity contribution in [3.05, 3.63) is 24.0 Å². The molecule has 0 spiro atoms. The number of aromatic nitrogens is 3. The van der Waals surface area contributed by atoms with Gasteiger partial charge in [0.25, 0.3) is 0 Å². The van der Waals surface area contributed by atoms with E-state index < -0.39 is 5.82 Å². The fourth-order valence-electron chi connectivity index (χ4n) is 2.40. The minimum absolute atomic E-state index is 0.0871. The van der Waals surface area contributed by atoms with Crippen LogP contribution in [0, 0.1) is 5.82 Å². The molecule has 2 N–H and O–H groups in total. The highest BCUT2D eigenvalue weighted by molar-refractivity contribution is 5.61. The summed E-state index contributed by atoms with van der Waals surface area (Å²) in [6.07, 6.45) is 2.18. The summed E-state index contributed by atoms with van der Waals surface area (Å²) in [5.41, 5.74) is 6.00. The molecule has 0 atom stereocenters. The molecule has 2 aromatic rings. The number of benzene rings is 1. The Morgan fingerprint density at radius 1 is 1.19 bits per heavy atom. The average molecular weight is 289 g/mol. The maximum absolute atomic E-state index is 14.3. The number of methoxy groups -OCH3 is 1. The molecule has 2 heterocycles. The van der Waals surface area contributed by atoms with E-state index in [1.54, 1.807) is 18.2 Å². The SMILES string of the molecule is COc1cccc(-c2nc(N)nc(N3CCCC3)n2)c1F. The Kier molecular flexibility index (Phi) is 3.55. The molecule has 0 amide bonds. The van der Waals surface area contributed by atoms with Crippen LogP contribution in [-0.4, -0.2) is 35.2 Å². The standard InChI is InChI=1S/C14H16FN5O/c1-21-10-6-4-5-9(11(10)15)12-17-13(16)19-14(18-12)20-7-2-3-8-20/h4-6H,2-3,7-8H2,1H3,(H2,16,17,18,19). The monoisotopic (exact) mass is 289 g/mol. The fourth-order valence-corrected chi connectivity index (χ4v) is 2.40. The van der Waals surface area contributed by atoms with Crippen LogP contribution >= 0.6 is 0 Å². The van der Waals surface area contributed by atoms with Crippen molar-refractivity contribution < 1.29 is 9.13 Å². The minimum atomic E-state index is -0.502. The van der Waals surface area contributed by atoms with E-state index >= 15 is 0 Å². The maximum atomic E-state index is 14.3. The molecule has 1 aromatic heterocycles. The molecule has 1 aliphatic rings. The van der Waals surface area contributed by atoms with Gasteiger partial charge in [0.1, 0.15) is 0 Å². The second-order valence-electron chi connectivity index (χ2n) is 4.83. The predicted octanol–water partition coefficient (Wildman–Crippen LogP) is 1.87. The van der Waals surface area contributed by atoms with Crippen LogP contribution in [0.5, 0.6) is 5.75 Å². The van der Waals surface area contributed by atoms with Crippen LogP contribution in [0.4, 0.5) is 16.3 Å². The molecule has 0 aliphatic carbocycles. The van der Waals surface area contributed by atoms with Gasteiger partial charge >= 0.3 is 0 Å². The van der Waals surface area contributed by atoms with E-state index in [0.717, 1.165) is 25.9 Å². The second-order valence-corrected chi connectivity index (χ2v) is 4.83. The van der Waals surface area contributed by atoms with Gasteiger partial charge in [0.05, 0.1) is 12.7 Å². The Balaban J connectivity index is 2.06. The highest BCUT2D eigenvalue weighted by atomic mass is 19.1. The number of halogens is 1. The molecule has 0 saturated carbocycles. The molecule has 110 valence electrons. The van der Waals surface area contributed by atoms with Gasteiger partial charge in [-0.1, -0.05) is 6.07 Å². The Morgan fingerprint density at radius 2 is 1.95 bits per heavy atom. The lowest BCUT2D eigenvalue weighted by Gasteiger charge is -2.16. The molecular formula is C14H16FN5O. The van der Waals surface area contributed by atoms with Crippen molar-refractivity contribution in [3.63, 3.8) is 0 Å². The predicted molar refractivity (Wildman–Crippen MR) is 77.6 cm³/mol. The first-order chi connectivity index (χ1) is 10.2. The van der Waals surface area contributed by atoms with Gasteiger partial charge in [0.2, 0.25) is 11.9 Å². The van der Waals surface area contributed by atoms with Gasteiger partial charge in [0, 0.05) is 13.1 Å². The second kappa shape index (κ2) is 5.51. The first-order valence-electron chi connectivity index (χ1n) is 6.78. The number of nitrogens with zero attached hydrogens (tertiary/aromatic N) is 4. The van der Waals surface area contributed by atoms with Crippen LogP contribution in [0.15, 0.2) is 18.2 Å². The van der Waals surface area contributed by atoms with Crippen LogP contribution in [0.25, 0.3) is 11.4 Å². The van der Waals surface area contributed by atoms with E-state index in [9.17, 15) is 4.39 Å². The van der Waals surface area contributed by atoms with E-state index in [1.165, 1.54) is 7.11 Å². The summed E-state index contributed by atoms with van der Waals surface area (Å²) in [7, 11) is 1.42. The number of hydrogen-bond donors (Lipinski definition) is 1. The molecule has 21 heavy (non-hydrogen) atoms. The summed E-state index contributed by atoms with van der Waals surface area (Å²) in [5.74, 6) is 0.453. The number of rotatable bonds is 3. The van der Waals surface area contributed by atoms with Crippen molar-refractivity contribution in [3.8, 4) is 17.1 Å². The van der Waals surface area contributed by atoms with Crippen molar-refractivity contribution in [1.82, 2.24) is 15.0 Å². The van der Waals surface area contributed by atoms with Gasteiger partial charge in [-0.3, -0.25) is 0 Å². The molecule has 3 rings (SSSR count). The number of anilines is 2. The van der Waals surface area contributed by atoms with Crippen LogP contribution in [-0.2, 0) is 0 Å². The summed E-state index contributed by atoms with van der Waals surface area (Å²) >= 11 is 0. The summed E-state index contributed by atoms with van der Waals surface area (Å²) in [4.78, 5) is 14.6. The topological polar surface area (TPSA) is 77.2 Å². The van der Waals surface area contributed by atoms with Gasteiger partial charge in [0.15, 0.2) is 17.4 Å². The first-order valence-corrected chi connectivity index (χ1v) is 6.78. The van der Waals surface area contributed by atoms with Gasteiger partial charge in [-0.15, -0.1) is 0 Å². The lowest BCUT2D eigenvalue weighted by atomic mass is 10.2. The van der Waals surface area contributed by atoms with Gasteiger partial charge in [-0.2, -0.15) is 15.0 Å². The molecule has 1 aliphatic heterocycles. The third-order valence-electron chi connectivity index (χ3n) is 3.45. The molecule has 1 aromatic carbocycles. The van der Waals surface area contributed by atoms with Crippen molar-refractivity contribution in [2.45, 2.75) is 12.8 Å². The maximum Gasteiger partial charge on any atom is 0.230 e. The van der Waals surface area contributed by atoms with Gasteiger partial charge in [-0.25, -0.2) is 4.39 Å². The van der Waals surface area contributed by atoms with Crippen molar-refractivity contribution in [2.24, 2.45) is 0 Å². The van der Waals surface area contributed by atoms with Crippen molar-refractivity contribution >= 4 is 11.9 Å². The highest BCUT2D eigenvalue weighted by Gasteiger charge is 2.19. The van der Waals surface area contributed by atoms with E-state index in [0.29, 0.717) is 5.95 Å².